The number of aliphatic hydroxyl groups excluding tert-OH is 1. The number of hydrogen-bond acceptors (Lipinski definition) is 4. The summed E-state index contributed by atoms with van der Waals surface area (Å²) in [6.07, 6.45) is 3.05. The predicted octanol–water partition coefficient (Wildman–Crippen LogP) is 2.42. The summed E-state index contributed by atoms with van der Waals surface area (Å²) in [6, 6.07) is 9.24. The number of aryl methyl sites for hydroxylation is 1. The minimum absolute atomic E-state index is 0.0260. The molecule has 2 aromatic rings. The first kappa shape index (κ1) is 16.5. The molecule has 2 rings (SSSR count). The number of aromatic nitrogens is 1. The Morgan fingerprint density at radius 1 is 1.36 bits per heavy atom. The van der Waals surface area contributed by atoms with Crippen molar-refractivity contribution in [2.75, 3.05) is 13.2 Å². The molecule has 6 heteroatoms. The van der Waals surface area contributed by atoms with Crippen LogP contribution in [-0.4, -0.2) is 29.3 Å². The molecule has 0 saturated heterocycles. The Balaban J connectivity index is 1.81. The molecule has 0 aliphatic carbocycles. The lowest BCUT2D eigenvalue weighted by Gasteiger charge is -2.18. The maximum absolute atomic E-state index is 12.0. The molecule has 0 unspecified atom stereocenters. The number of amides is 2. The summed E-state index contributed by atoms with van der Waals surface area (Å²) in [7, 11) is 0. The number of aliphatic hydroxyl groups is 1. The van der Waals surface area contributed by atoms with Gasteiger partial charge in [-0.2, -0.15) is 0 Å². The number of urea groups is 1. The minimum atomic E-state index is -0.226. The molecule has 118 valence electrons. The molecule has 3 N–H and O–H groups in total. The van der Waals surface area contributed by atoms with Crippen LogP contribution in [0, 0.1) is 6.92 Å². The highest BCUT2D eigenvalue weighted by Crippen LogP contribution is 2.15. The van der Waals surface area contributed by atoms with Gasteiger partial charge in [-0.1, -0.05) is 30.3 Å². The molecule has 0 bridgehead atoms. The van der Waals surface area contributed by atoms with Crippen molar-refractivity contribution >= 4 is 17.4 Å². The van der Waals surface area contributed by atoms with Crippen molar-refractivity contribution < 1.29 is 9.90 Å². The highest BCUT2D eigenvalue weighted by molar-refractivity contribution is 7.11. The number of carbonyl (C=O) groups excluding carboxylic acids is 1. The third kappa shape index (κ3) is 5.13. The summed E-state index contributed by atoms with van der Waals surface area (Å²) in [5.41, 5.74) is 0.988. The monoisotopic (exact) mass is 319 g/mol. The second kappa shape index (κ2) is 8.51. The van der Waals surface area contributed by atoms with Gasteiger partial charge in [0.15, 0.2) is 0 Å². The molecule has 1 aromatic heterocycles. The van der Waals surface area contributed by atoms with Crippen LogP contribution < -0.4 is 10.6 Å². The van der Waals surface area contributed by atoms with E-state index < -0.39 is 0 Å². The van der Waals surface area contributed by atoms with Crippen molar-refractivity contribution in [2.24, 2.45) is 0 Å². The summed E-state index contributed by atoms with van der Waals surface area (Å²) >= 11 is 1.64. The SMILES string of the molecule is Cc1cnc(CCNC(=O)N[C@H](CCO)c2ccccc2)s1. The van der Waals surface area contributed by atoms with Crippen LogP contribution in [0.15, 0.2) is 36.5 Å². The lowest BCUT2D eigenvalue weighted by molar-refractivity contribution is 0.229. The summed E-state index contributed by atoms with van der Waals surface area (Å²) in [6.45, 7) is 2.58. The number of benzene rings is 1. The van der Waals surface area contributed by atoms with E-state index in [1.165, 1.54) is 4.88 Å². The average molecular weight is 319 g/mol. The molecule has 0 saturated carbocycles. The summed E-state index contributed by atoms with van der Waals surface area (Å²) in [5.74, 6) is 0. The molecule has 5 nitrogen and oxygen atoms in total. The Kier molecular flexibility index (Phi) is 6.36. The Morgan fingerprint density at radius 2 is 2.14 bits per heavy atom. The second-order valence-corrected chi connectivity index (χ2v) is 6.31. The van der Waals surface area contributed by atoms with Crippen LogP contribution in [0.1, 0.15) is 27.9 Å². The number of rotatable bonds is 7. The summed E-state index contributed by atoms with van der Waals surface area (Å²) in [4.78, 5) is 17.4. The van der Waals surface area contributed by atoms with E-state index in [1.807, 2.05) is 43.5 Å². The van der Waals surface area contributed by atoms with Crippen LogP contribution in [0.25, 0.3) is 0 Å². The Hall–Kier alpha value is -1.92. The normalized spacial score (nSPS) is 11.9. The zero-order valence-electron chi connectivity index (χ0n) is 12.6. The van der Waals surface area contributed by atoms with Gasteiger partial charge in [0.05, 0.1) is 11.0 Å². The van der Waals surface area contributed by atoms with Crippen LogP contribution in [-0.2, 0) is 6.42 Å². The average Bonchev–Trinajstić information content (AvgIpc) is 2.93. The van der Waals surface area contributed by atoms with Crippen molar-refractivity contribution in [3.05, 3.63) is 52.0 Å². The maximum Gasteiger partial charge on any atom is 0.315 e. The molecule has 0 fully saturated rings. The molecule has 2 amide bonds. The zero-order chi connectivity index (χ0) is 15.8. The van der Waals surface area contributed by atoms with E-state index in [1.54, 1.807) is 11.3 Å². The number of nitrogens with zero attached hydrogens (tertiary/aromatic N) is 1. The van der Waals surface area contributed by atoms with Crippen molar-refractivity contribution in [3.63, 3.8) is 0 Å². The zero-order valence-corrected chi connectivity index (χ0v) is 13.4. The predicted molar refractivity (Wildman–Crippen MR) is 88.0 cm³/mol. The molecule has 22 heavy (non-hydrogen) atoms. The van der Waals surface area contributed by atoms with Crippen LogP contribution in [0.3, 0.4) is 0 Å². The molecule has 1 aromatic carbocycles. The number of carbonyl (C=O) groups is 1. The van der Waals surface area contributed by atoms with E-state index in [9.17, 15) is 4.79 Å². The number of thiazole rings is 1. The van der Waals surface area contributed by atoms with Gasteiger partial charge in [0.2, 0.25) is 0 Å². The van der Waals surface area contributed by atoms with Gasteiger partial charge in [0.1, 0.15) is 0 Å². The van der Waals surface area contributed by atoms with Crippen LogP contribution in [0.5, 0.6) is 0 Å². The number of hydrogen-bond donors (Lipinski definition) is 3. The van der Waals surface area contributed by atoms with E-state index in [2.05, 4.69) is 15.6 Å². The highest BCUT2D eigenvalue weighted by atomic mass is 32.1. The third-order valence-electron chi connectivity index (χ3n) is 3.22. The van der Waals surface area contributed by atoms with E-state index >= 15 is 0 Å². The standard InChI is InChI=1S/C16H21N3O2S/c1-12-11-18-15(22-12)7-9-17-16(21)19-14(8-10-20)13-5-3-2-4-6-13/h2-6,11,14,20H,7-10H2,1H3,(H2,17,19,21)/t14-/m1/s1. The first-order valence-electron chi connectivity index (χ1n) is 7.30. The van der Waals surface area contributed by atoms with Crippen molar-refractivity contribution in [1.82, 2.24) is 15.6 Å². The Labute approximate surface area is 134 Å². The summed E-state index contributed by atoms with van der Waals surface area (Å²) in [5, 5.41) is 15.9. The fourth-order valence-electron chi connectivity index (χ4n) is 2.15. The Bertz CT molecular complexity index is 586. The summed E-state index contributed by atoms with van der Waals surface area (Å²) < 4.78 is 0. The first-order valence-corrected chi connectivity index (χ1v) is 8.12. The fourth-order valence-corrected chi connectivity index (χ4v) is 2.93. The quantitative estimate of drug-likeness (QED) is 0.734. The van der Waals surface area contributed by atoms with Crippen molar-refractivity contribution in [3.8, 4) is 0 Å². The minimum Gasteiger partial charge on any atom is -0.396 e. The molecule has 0 radical (unpaired) electrons. The largest absolute Gasteiger partial charge is 0.396 e. The topological polar surface area (TPSA) is 74.2 Å². The van der Waals surface area contributed by atoms with E-state index in [-0.39, 0.29) is 18.7 Å². The second-order valence-electron chi connectivity index (χ2n) is 4.99. The third-order valence-corrected chi connectivity index (χ3v) is 4.19. The molecular weight excluding hydrogens is 298 g/mol. The van der Waals surface area contributed by atoms with Gasteiger partial charge in [0, 0.05) is 30.6 Å². The maximum atomic E-state index is 12.0. The van der Waals surface area contributed by atoms with E-state index in [4.69, 9.17) is 5.11 Å². The van der Waals surface area contributed by atoms with E-state index in [0.717, 1.165) is 17.0 Å². The smallest absolute Gasteiger partial charge is 0.315 e. The molecular formula is C16H21N3O2S. The molecule has 1 atom stereocenters. The van der Waals surface area contributed by atoms with E-state index in [0.29, 0.717) is 13.0 Å². The van der Waals surface area contributed by atoms with Gasteiger partial charge in [-0.05, 0) is 18.9 Å². The highest BCUT2D eigenvalue weighted by Gasteiger charge is 2.13. The van der Waals surface area contributed by atoms with Gasteiger partial charge in [-0.3, -0.25) is 0 Å². The molecule has 0 spiro atoms. The van der Waals surface area contributed by atoms with Crippen molar-refractivity contribution in [2.45, 2.75) is 25.8 Å². The van der Waals surface area contributed by atoms with Crippen LogP contribution >= 0.6 is 11.3 Å². The van der Waals surface area contributed by atoms with Gasteiger partial charge < -0.3 is 15.7 Å². The lowest BCUT2D eigenvalue weighted by atomic mass is 10.0. The van der Waals surface area contributed by atoms with Crippen LogP contribution in [0.2, 0.25) is 0 Å². The van der Waals surface area contributed by atoms with Gasteiger partial charge in [-0.25, -0.2) is 9.78 Å². The molecule has 1 heterocycles. The van der Waals surface area contributed by atoms with Gasteiger partial charge in [0.25, 0.3) is 0 Å². The van der Waals surface area contributed by atoms with Gasteiger partial charge in [-0.15, -0.1) is 11.3 Å². The number of nitrogens with one attached hydrogen (secondary N) is 2. The fraction of sp³-hybridized carbons (Fsp3) is 0.375. The Morgan fingerprint density at radius 3 is 2.77 bits per heavy atom. The lowest BCUT2D eigenvalue weighted by Crippen LogP contribution is -2.39. The first-order chi connectivity index (χ1) is 10.7. The van der Waals surface area contributed by atoms with Crippen LogP contribution in [0.4, 0.5) is 4.79 Å². The van der Waals surface area contributed by atoms with Crippen molar-refractivity contribution in [1.29, 1.82) is 0 Å². The van der Waals surface area contributed by atoms with Gasteiger partial charge >= 0.3 is 6.03 Å². The molecule has 0 aliphatic rings. The molecule has 0 aliphatic heterocycles.